The Morgan fingerprint density at radius 2 is 2.10 bits per heavy atom. The largest absolute Gasteiger partial charge is 0.352 e. The van der Waals surface area contributed by atoms with Gasteiger partial charge in [-0.1, -0.05) is 40.9 Å². The first-order valence-corrected chi connectivity index (χ1v) is 8.50. The fourth-order valence-corrected chi connectivity index (χ4v) is 3.82. The lowest BCUT2D eigenvalue weighted by atomic mass is 10.1. The third kappa shape index (κ3) is 2.66. The topological polar surface area (TPSA) is 16.1 Å². The number of rotatable bonds is 2. The molecule has 0 aliphatic carbocycles. The Bertz CT molecular complexity index is 602. The molecule has 1 unspecified atom stereocenters. The molecule has 1 atom stereocenters. The zero-order chi connectivity index (χ0) is 13.9. The lowest BCUT2D eigenvalue weighted by Gasteiger charge is -2.30. The molecular weight excluding hydrogens is 336 g/mol. The van der Waals surface area contributed by atoms with E-state index in [0.717, 1.165) is 23.3 Å². The maximum Gasteiger partial charge on any atom is 0.136 e. The molecule has 1 aromatic heterocycles. The zero-order valence-electron chi connectivity index (χ0n) is 11.4. The predicted octanol–water partition coefficient (Wildman–Crippen LogP) is 4.99. The molecule has 0 N–H and O–H groups in total. The minimum Gasteiger partial charge on any atom is -0.352 e. The fraction of sp³-hybridized carbons (Fsp3) is 0.438. The highest BCUT2D eigenvalue weighted by Crippen LogP contribution is 2.32. The number of anilines is 1. The van der Waals surface area contributed by atoms with Crippen LogP contribution in [0.3, 0.4) is 0 Å². The van der Waals surface area contributed by atoms with Crippen molar-refractivity contribution in [2.75, 3.05) is 17.3 Å². The van der Waals surface area contributed by atoms with Crippen LogP contribution in [-0.4, -0.2) is 23.5 Å². The molecule has 20 heavy (non-hydrogen) atoms. The Morgan fingerprint density at radius 3 is 2.95 bits per heavy atom. The van der Waals surface area contributed by atoms with E-state index in [-0.39, 0.29) is 0 Å². The molecule has 4 heteroatoms. The maximum absolute atomic E-state index is 6.20. The van der Waals surface area contributed by atoms with E-state index in [0.29, 0.717) is 11.9 Å². The van der Waals surface area contributed by atoms with Gasteiger partial charge < -0.3 is 4.90 Å². The molecule has 2 aromatic rings. The first-order chi connectivity index (χ1) is 9.81. The third-order valence-electron chi connectivity index (χ3n) is 4.06. The molecule has 1 aromatic carbocycles. The normalized spacial score (nSPS) is 20.1. The second-order valence-corrected chi connectivity index (χ2v) is 6.48. The first kappa shape index (κ1) is 14.2. The Morgan fingerprint density at radius 1 is 1.20 bits per heavy atom. The quantitative estimate of drug-likeness (QED) is 0.707. The van der Waals surface area contributed by atoms with E-state index < -0.39 is 0 Å². The van der Waals surface area contributed by atoms with Crippen molar-refractivity contribution >= 4 is 44.1 Å². The van der Waals surface area contributed by atoms with E-state index in [1.165, 1.54) is 30.0 Å². The smallest absolute Gasteiger partial charge is 0.136 e. The zero-order valence-corrected chi connectivity index (χ0v) is 13.7. The average molecular weight is 354 g/mol. The fourth-order valence-electron chi connectivity index (χ4n) is 3.00. The summed E-state index contributed by atoms with van der Waals surface area (Å²) in [5.74, 6) is 1.75. The second kappa shape index (κ2) is 6.31. The van der Waals surface area contributed by atoms with Crippen LogP contribution >= 0.6 is 27.5 Å². The molecule has 106 valence electrons. The molecule has 1 fully saturated rings. The van der Waals surface area contributed by atoms with Gasteiger partial charge in [0.15, 0.2) is 0 Å². The van der Waals surface area contributed by atoms with Crippen LogP contribution in [0.4, 0.5) is 5.82 Å². The molecule has 2 nitrogen and oxygen atoms in total. The lowest BCUT2D eigenvalue weighted by Crippen LogP contribution is -2.36. The van der Waals surface area contributed by atoms with E-state index >= 15 is 0 Å². The average Bonchev–Trinajstić information content (AvgIpc) is 2.72. The molecule has 2 heterocycles. The van der Waals surface area contributed by atoms with E-state index in [1.54, 1.807) is 0 Å². The molecule has 0 spiro atoms. The van der Waals surface area contributed by atoms with Crippen molar-refractivity contribution in [3.05, 3.63) is 34.9 Å². The van der Waals surface area contributed by atoms with Crippen LogP contribution in [0.15, 0.2) is 34.9 Å². The van der Waals surface area contributed by atoms with Gasteiger partial charge >= 0.3 is 0 Å². The van der Waals surface area contributed by atoms with Gasteiger partial charge in [0.2, 0.25) is 0 Å². The Hall–Kier alpha value is -0.800. The van der Waals surface area contributed by atoms with Crippen molar-refractivity contribution in [2.45, 2.75) is 31.7 Å². The number of hydrogen-bond donors (Lipinski definition) is 0. The number of alkyl halides is 1. The Balaban J connectivity index is 2.10. The predicted molar refractivity (Wildman–Crippen MR) is 89.8 cm³/mol. The molecular formula is C16H18BrClN2. The van der Waals surface area contributed by atoms with Crippen LogP contribution < -0.4 is 4.90 Å². The van der Waals surface area contributed by atoms with Gasteiger partial charge in [0.1, 0.15) is 5.82 Å². The number of benzene rings is 1. The SMILES string of the molecule is ClCC1CCCCCN1c1nccc2c(Br)cccc12. The van der Waals surface area contributed by atoms with Gasteiger partial charge in [-0.25, -0.2) is 4.98 Å². The monoisotopic (exact) mass is 352 g/mol. The molecule has 1 aliphatic rings. The number of fused-ring (bicyclic) bond motifs is 1. The molecule has 0 saturated carbocycles. The van der Waals surface area contributed by atoms with Gasteiger partial charge in [-0.05, 0) is 25.0 Å². The standard InChI is InChI=1S/C16H18BrClN2/c17-15-7-4-6-14-13(15)8-9-19-16(14)20-10-3-1-2-5-12(20)11-18/h4,6-9,12H,1-3,5,10-11H2. The Kier molecular flexibility index (Phi) is 4.47. The molecule has 3 rings (SSSR count). The minimum atomic E-state index is 0.399. The van der Waals surface area contributed by atoms with E-state index in [2.05, 4.69) is 50.1 Å². The number of halogens is 2. The summed E-state index contributed by atoms with van der Waals surface area (Å²) >= 11 is 9.83. The lowest BCUT2D eigenvalue weighted by molar-refractivity contribution is 0.617. The molecule has 1 aliphatic heterocycles. The first-order valence-electron chi connectivity index (χ1n) is 7.17. The number of aromatic nitrogens is 1. The summed E-state index contributed by atoms with van der Waals surface area (Å²) in [7, 11) is 0. The van der Waals surface area contributed by atoms with Crippen LogP contribution in [0, 0.1) is 0 Å². The van der Waals surface area contributed by atoms with Gasteiger partial charge in [0, 0.05) is 39.9 Å². The van der Waals surface area contributed by atoms with Gasteiger partial charge in [-0.15, -0.1) is 11.6 Å². The summed E-state index contributed by atoms with van der Waals surface area (Å²) in [6.45, 7) is 1.05. The summed E-state index contributed by atoms with van der Waals surface area (Å²) in [6, 6.07) is 8.77. The van der Waals surface area contributed by atoms with Crippen LogP contribution in [0.5, 0.6) is 0 Å². The number of hydrogen-bond acceptors (Lipinski definition) is 2. The van der Waals surface area contributed by atoms with Crippen LogP contribution in [0.1, 0.15) is 25.7 Å². The molecule has 0 bridgehead atoms. The highest BCUT2D eigenvalue weighted by atomic mass is 79.9. The van der Waals surface area contributed by atoms with E-state index in [9.17, 15) is 0 Å². The summed E-state index contributed by atoms with van der Waals surface area (Å²) < 4.78 is 1.12. The maximum atomic E-state index is 6.20. The van der Waals surface area contributed by atoms with Gasteiger partial charge in [-0.3, -0.25) is 0 Å². The van der Waals surface area contributed by atoms with Gasteiger partial charge in [-0.2, -0.15) is 0 Å². The third-order valence-corrected chi connectivity index (χ3v) is 5.11. The number of pyridine rings is 1. The van der Waals surface area contributed by atoms with Crippen molar-refractivity contribution < 1.29 is 0 Å². The summed E-state index contributed by atoms with van der Waals surface area (Å²) in [6.07, 6.45) is 6.84. The molecule has 0 amide bonds. The van der Waals surface area contributed by atoms with Crippen molar-refractivity contribution in [1.82, 2.24) is 4.98 Å². The molecule has 0 radical (unpaired) electrons. The van der Waals surface area contributed by atoms with Crippen molar-refractivity contribution in [3.63, 3.8) is 0 Å². The van der Waals surface area contributed by atoms with Crippen LogP contribution in [0.25, 0.3) is 10.8 Å². The second-order valence-electron chi connectivity index (χ2n) is 5.32. The van der Waals surface area contributed by atoms with Gasteiger partial charge in [0.05, 0.1) is 0 Å². The minimum absolute atomic E-state index is 0.399. The van der Waals surface area contributed by atoms with Crippen molar-refractivity contribution in [3.8, 4) is 0 Å². The van der Waals surface area contributed by atoms with Crippen LogP contribution in [0.2, 0.25) is 0 Å². The summed E-state index contributed by atoms with van der Waals surface area (Å²) in [5.41, 5.74) is 0. The highest BCUT2D eigenvalue weighted by Gasteiger charge is 2.23. The molecule has 1 saturated heterocycles. The van der Waals surface area contributed by atoms with Crippen molar-refractivity contribution in [1.29, 1.82) is 0 Å². The number of nitrogens with zero attached hydrogens (tertiary/aromatic N) is 2. The van der Waals surface area contributed by atoms with E-state index in [1.807, 2.05) is 6.20 Å². The highest BCUT2D eigenvalue weighted by molar-refractivity contribution is 9.10. The van der Waals surface area contributed by atoms with Gasteiger partial charge in [0.25, 0.3) is 0 Å². The summed E-state index contributed by atoms with van der Waals surface area (Å²) in [5, 5.41) is 2.42. The Labute approximate surface area is 133 Å². The van der Waals surface area contributed by atoms with Crippen molar-refractivity contribution in [2.24, 2.45) is 0 Å². The van der Waals surface area contributed by atoms with E-state index in [4.69, 9.17) is 11.6 Å². The summed E-state index contributed by atoms with van der Waals surface area (Å²) in [4.78, 5) is 7.07. The van der Waals surface area contributed by atoms with Crippen LogP contribution in [-0.2, 0) is 0 Å².